The zero-order valence-electron chi connectivity index (χ0n) is 11.4. The maximum Gasteiger partial charge on any atom is 0.529 e. The van der Waals surface area contributed by atoms with Crippen molar-refractivity contribution in [1.29, 1.82) is 0 Å². The minimum Gasteiger partial charge on any atom is -0.479 e. The van der Waals surface area contributed by atoms with E-state index in [4.69, 9.17) is 0 Å². The molecule has 1 atom stereocenters. The summed E-state index contributed by atoms with van der Waals surface area (Å²) in [5, 5.41) is 34.7. The first-order valence-corrected chi connectivity index (χ1v) is 6.23. The lowest BCUT2D eigenvalue weighted by atomic mass is 9.97. The fourth-order valence-corrected chi connectivity index (χ4v) is 2.12. The normalized spacial score (nSPS) is 12.3. The van der Waals surface area contributed by atoms with Gasteiger partial charge in [0, 0.05) is 5.69 Å². The molecule has 1 heterocycles. The number of H-pyrrole nitrogens is 1. The van der Waals surface area contributed by atoms with Crippen LogP contribution in [0.1, 0.15) is 5.69 Å². The van der Waals surface area contributed by atoms with E-state index < -0.39 is 33.2 Å². The molecule has 120 valence electrons. The van der Waals surface area contributed by atoms with Crippen LogP contribution in [0.3, 0.4) is 0 Å². The quantitative estimate of drug-likeness (QED) is 0.380. The van der Waals surface area contributed by atoms with Crippen molar-refractivity contribution in [2.75, 3.05) is 5.32 Å². The number of imidazole rings is 1. The molecular formula is C12H11N5O6. The first-order chi connectivity index (χ1) is 10.9. The average Bonchev–Trinajstić information content (AvgIpc) is 3.01. The van der Waals surface area contributed by atoms with Crippen LogP contribution in [-0.4, -0.2) is 36.9 Å². The number of rotatable bonds is 7. The minimum atomic E-state index is -3.17. The maximum absolute atomic E-state index is 11.5. The van der Waals surface area contributed by atoms with Gasteiger partial charge in [-0.15, -0.1) is 0 Å². The van der Waals surface area contributed by atoms with Gasteiger partial charge >= 0.3 is 11.6 Å². The number of carbonyl (C=O) groups is 1. The molecule has 2 aromatic rings. The Morgan fingerprint density at radius 3 is 2.30 bits per heavy atom. The molecule has 0 aliphatic rings. The number of hydrogen-bond acceptors (Lipinski definition) is 7. The van der Waals surface area contributed by atoms with Gasteiger partial charge in [0.15, 0.2) is 5.69 Å². The molecule has 0 aliphatic heterocycles. The Bertz CT molecular complexity index is 703. The highest BCUT2D eigenvalue weighted by Gasteiger charge is 2.69. The van der Waals surface area contributed by atoms with Crippen LogP contribution in [-0.2, 0) is 10.5 Å². The number of para-hydroxylation sites is 1. The lowest BCUT2D eigenvalue weighted by Crippen LogP contribution is -2.59. The predicted octanol–water partition coefficient (Wildman–Crippen LogP) is 0.681. The van der Waals surface area contributed by atoms with Gasteiger partial charge in [0.05, 0.1) is 12.5 Å². The highest BCUT2D eigenvalue weighted by Crippen LogP contribution is 2.30. The second-order valence-electron chi connectivity index (χ2n) is 4.49. The van der Waals surface area contributed by atoms with Crippen molar-refractivity contribution in [2.24, 2.45) is 0 Å². The van der Waals surface area contributed by atoms with Gasteiger partial charge in [-0.05, 0) is 12.1 Å². The zero-order valence-corrected chi connectivity index (χ0v) is 11.4. The molecule has 0 aliphatic carbocycles. The Morgan fingerprint density at radius 2 is 1.87 bits per heavy atom. The van der Waals surface area contributed by atoms with E-state index in [1.807, 2.05) is 0 Å². The van der Waals surface area contributed by atoms with Crippen molar-refractivity contribution < 1.29 is 19.7 Å². The highest BCUT2D eigenvalue weighted by atomic mass is 16.7. The molecule has 0 fully saturated rings. The van der Waals surface area contributed by atoms with Gasteiger partial charge in [-0.1, -0.05) is 18.2 Å². The fraction of sp³-hybridized carbons (Fsp3) is 0.167. The van der Waals surface area contributed by atoms with Crippen molar-refractivity contribution in [3.8, 4) is 0 Å². The number of nitrogens with zero attached hydrogens (tertiary/aromatic N) is 3. The SMILES string of the molecule is O=C(O)[C@@H](Nc1ccccc1)C(c1cnc[nH]1)([N+](=O)[O-])[N+](=O)[O-]. The van der Waals surface area contributed by atoms with Crippen molar-refractivity contribution in [3.63, 3.8) is 0 Å². The van der Waals surface area contributed by atoms with Gasteiger partial charge in [-0.3, -0.25) is 20.2 Å². The zero-order chi connectivity index (χ0) is 17.0. The van der Waals surface area contributed by atoms with Gasteiger partial charge in [0.1, 0.15) is 9.85 Å². The molecule has 0 amide bonds. The van der Waals surface area contributed by atoms with E-state index in [1.54, 1.807) is 18.2 Å². The second kappa shape index (κ2) is 6.09. The lowest BCUT2D eigenvalue weighted by Gasteiger charge is -2.23. The van der Waals surface area contributed by atoms with Gasteiger partial charge in [-0.25, -0.2) is 9.78 Å². The summed E-state index contributed by atoms with van der Waals surface area (Å²) in [5.41, 5.74) is -3.53. The third-order valence-corrected chi connectivity index (χ3v) is 3.19. The third kappa shape index (κ3) is 2.66. The number of nitrogens with one attached hydrogen (secondary N) is 2. The molecule has 0 bridgehead atoms. The third-order valence-electron chi connectivity index (χ3n) is 3.19. The highest BCUT2D eigenvalue weighted by molar-refractivity contribution is 5.79. The van der Waals surface area contributed by atoms with Gasteiger partial charge in [0.25, 0.3) is 6.04 Å². The topological polar surface area (TPSA) is 164 Å². The number of aromatic nitrogens is 2. The molecule has 11 heteroatoms. The number of carboxylic acid groups (broad SMARTS) is 1. The molecule has 1 aromatic carbocycles. The summed E-state index contributed by atoms with van der Waals surface area (Å²) in [6.07, 6.45) is 1.85. The van der Waals surface area contributed by atoms with Crippen LogP contribution in [0.25, 0.3) is 0 Å². The van der Waals surface area contributed by atoms with Crippen LogP contribution in [0, 0.1) is 20.2 Å². The molecule has 3 N–H and O–H groups in total. The predicted molar refractivity (Wildman–Crippen MR) is 75.7 cm³/mol. The Hall–Kier alpha value is -3.50. The smallest absolute Gasteiger partial charge is 0.479 e. The van der Waals surface area contributed by atoms with Crippen molar-refractivity contribution >= 4 is 11.7 Å². The molecule has 1 aromatic heterocycles. The summed E-state index contributed by atoms with van der Waals surface area (Å²) < 4.78 is 0. The van der Waals surface area contributed by atoms with Crippen molar-refractivity contribution in [1.82, 2.24) is 9.97 Å². The molecule has 11 nitrogen and oxygen atoms in total. The van der Waals surface area contributed by atoms with Crippen LogP contribution in [0.5, 0.6) is 0 Å². The minimum absolute atomic E-state index is 0.187. The summed E-state index contributed by atoms with van der Waals surface area (Å²) in [7, 11) is 0. The van der Waals surface area contributed by atoms with E-state index >= 15 is 0 Å². The Balaban J connectivity index is 2.60. The number of benzene rings is 1. The second-order valence-corrected chi connectivity index (χ2v) is 4.49. The molecule has 0 spiro atoms. The molecule has 0 saturated carbocycles. The van der Waals surface area contributed by atoms with E-state index in [2.05, 4.69) is 15.3 Å². The first-order valence-electron chi connectivity index (χ1n) is 6.23. The number of carboxylic acids is 1. The summed E-state index contributed by atoms with van der Waals surface area (Å²) in [6.45, 7) is 0. The average molecular weight is 321 g/mol. The Morgan fingerprint density at radius 1 is 1.26 bits per heavy atom. The number of aliphatic carboxylic acids is 1. The van der Waals surface area contributed by atoms with E-state index in [0.29, 0.717) is 0 Å². The maximum atomic E-state index is 11.5. The summed E-state index contributed by atoms with van der Waals surface area (Å²) in [4.78, 5) is 37.8. The Kier molecular flexibility index (Phi) is 4.21. The van der Waals surface area contributed by atoms with E-state index in [0.717, 1.165) is 12.5 Å². The van der Waals surface area contributed by atoms with E-state index in [9.17, 15) is 30.1 Å². The van der Waals surface area contributed by atoms with Gasteiger partial charge in [-0.2, -0.15) is 0 Å². The summed E-state index contributed by atoms with van der Waals surface area (Å²) >= 11 is 0. The monoisotopic (exact) mass is 321 g/mol. The molecular weight excluding hydrogens is 310 g/mol. The summed E-state index contributed by atoms with van der Waals surface area (Å²) in [6, 6.07) is 5.45. The van der Waals surface area contributed by atoms with Crippen LogP contribution in [0.2, 0.25) is 0 Å². The number of aromatic amines is 1. The van der Waals surface area contributed by atoms with Crippen LogP contribution in [0.4, 0.5) is 5.69 Å². The van der Waals surface area contributed by atoms with Gasteiger partial charge in [0.2, 0.25) is 0 Å². The van der Waals surface area contributed by atoms with Crippen LogP contribution < -0.4 is 5.32 Å². The standard InChI is InChI=1S/C12H11N5O6/c18-11(19)10(15-8-4-2-1-3-5-8)12(16(20)21,17(22)23)9-6-13-7-14-9/h1-7,10,15H,(H,13,14)(H,18,19)/t10-/m1/s1. The van der Waals surface area contributed by atoms with Gasteiger partial charge < -0.3 is 15.4 Å². The van der Waals surface area contributed by atoms with Crippen LogP contribution >= 0.6 is 0 Å². The van der Waals surface area contributed by atoms with Crippen LogP contribution in [0.15, 0.2) is 42.9 Å². The Labute approximate surface area is 128 Å². The summed E-state index contributed by atoms with van der Waals surface area (Å²) in [5.74, 6) is -1.75. The fourth-order valence-electron chi connectivity index (χ4n) is 2.12. The van der Waals surface area contributed by atoms with E-state index in [-0.39, 0.29) is 5.69 Å². The largest absolute Gasteiger partial charge is 0.529 e. The molecule has 0 unspecified atom stereocenters. The van der Waals surface area contributed by atoms with E-state index in [1.165, 1.54) is 12.1 Å². The number of nitro groups is 2. The van der Waals surface area contributed by atoms with Crippen molar-refractivity contribution in [3.05, 3.63) is 68.8 Å². The molecule has 23 heavy (non-hydrogen) atoms. The first kappa shape index (κ1) is 15.9. The molecule has 0 radical (unpaired) electrons. The number of anilines is 1. The molecule has 2 rings (SSSR count). The molecule has 0 saturated heterocycles. The number of hydrogen-bond donors (Lipinski definition) is 3. The van der Waals surface area contributed by atoms with Crippen molar-refractivity contribution in [2.45, 2.75) is 11.7 Å². The lowest BCUT2D eigenvalue weighted by molar-refractivity contribution is -0.811.